The van der Waals surface area contributed by atoms with Crippen molar-refractivity contribution in [2.24, 2.45) is 0 Å². The maximum absolute atomic E-state index is 12.5. The summed E-state index contributed by atoms with van der Waals surface area (Å²) < 4.78 is 37.4. The summed E-state index contributed by atoms with van der Waals surface area (Å²) in [6, 6.07) is 5.40. The van der Waals surface area contributed by atoms with Gasteiger partial charge in [0.15, 0.2) is 0 Å². The molecule has 1 N–H and O–H groups in total. The van der Waals surface area contributed by atoms with Gasteiger partial charge in [-0.3, -0.25) is 0 Å². The van der Waals surface area contributed by atoms with Crippen molar-refractivity contribution < 1.29 is 13.2 Å². The molecular formula is C13H19F3N2. The van der Waals surface area contributed by atoms with Crippen LogP contribution in [0.2, 0.25) is 0 Å². The Morgan fingerprint density at radius 3 is 2.11 bits per heavy atom. The first-order chi connectivity index (χ1) is 8.34. The van der Waals surface area contributed by atoms with Gasteiger partial charge in [0.1, 0.15) is 0 Å². The van der Waals surface area contributed by atoms with Crippen molar-refractivity contribution in [3.8, 4) is 0 Å². The van der Waals surface area contributed by atoms with E-state index in [0.717, 1.165) is 30.8 Å². The van der Waals surface area contributed by atoms with Gasteiger partial charge < -0.3 is 10.2 Å². The Labute approximate surface area is 106 Å². The van der Waals surface area contributed by atoms with E-state index >= 15 is 0 Å². The first kappa shape index (κ1) is 15.0. The molecule has 0 aliphatic carbocycles. The Morgan fingerprint density at radius 2 is 1.72 bits per heavy atom. The highest BCUT2D eigenvalue weighted by molar-refractivity contribution is 5.27. The number of halogens is 3. The summed E-state index contributed by atoms with van der Waals surface area (Å²) in [6.45, 7) is 3.51. The molecule has 0 heterocycles. The van der Waals surface area contributed by atoms with Crippen molar-refractivity contribution in [3.63, 3.8) is 0 Å². The van der Waals surface area contributed by atoms with Crippen LogP contribution in [0.25, 0.3) is 0 Å². The highest BCUT2D eigenvalue weighted by Crippen LogP contribution is 2.29. The van der Waals surface area contributed by atoms with Gasteiger partial charge in [0, 0.05) is 12.6 Å². The predicted molar refractivity (Wildman–Crippen MR) is 66.4 cm³/mol. The average molecular weight is 260 g/mol. The van der Waals surface area contributed by atoms with Crippen molar-refractivity contribution in [1.82, 2.24) is 10.2 Å². The van der Waals surface area contributed by atoms with Crippen molar-refractivity contribution in [2.75, 3.05) is 27.2 Å². The molecule has 2 nitrogen and oxygen atoms in total. The zero-order valence-electron chi connectivity index (χ0n) is 10.9. The van der Waals surface area contributed by atoms with E-state index in [1.165, 1.54) is 0 Å². The topological polar surface area (TPSA) is 15.3 Å². The second-order valence-electron chi connectivity index (χ2n) is 4.49. The van der Waals surface area contributed by atoms with E-state index in [9.17, 15) is 13.2 Å². The fourth-order valence-electron chi connectivity index (χ4n) is 1.80. The first-order valence-corrected chi connectivity index (χ1v) is 5.90. The van der Waals surface area contributed by atoms with Gasteiger partial charge in [-0.1, -0.05) is 19.1 Å². The number of hydrogen-bond acceptors (Lipinski definition) is 2. The van der Waals surface area contributed by atoms with Gasteiger partial charge in [-0.05, 0) is 38.3 Å². The summed E-state index contributed by atoms with van der Waals surface area (Å²) in [5.41, 5.74) is 0.268. The summed E-state index contributed by atoms with van der Waals surface area (Å²) in [5, 5.41) is 3.27. The molecule has 0 saturated heterocycles. The minimum Gasteiger partial charge on any atom is -0.309 e. The smallest absolute Gasteiger partial charge is 0.309 e. The van der Waals surface area contributed by atoms with Gasteiger partial charge in [0.05, 0.1) is 5.56 Å². The van der Waals surface area contributed by atoms with Crippen molar-refractivity contribution in [3.05, 3.63) is 35.4 Å². The number of nitrogens with zero attached hydrogens (tertiary/aromatic N) is 1. The van der Waals surface area contributed by atoms with E-state index in [2.05, 4.69) is 5.32 Å². The summed E-state index contributed by atoms with van der Waals surface area (Å²) in [4.78, 5) is 2.00. The van der Waals surface area contributed by atoms with E-state index in [1.54, 1.807) is 12.1 Å². The minimum atomic E-state index is -4.27. The number of benzene rings is 1. The SMILES string of the molecule is CCNC(CN(C)C)c1ccc(C(F)(F)F)cc1. The lowest BCUT2D eigenvalue weighted by Crippen LogP contribution is -2.31. The number of alkyl halides is 3. The van der Waals surface area contributed by atoms with Crippen LogP contribution in [0, 0.1) is 0 Å². The zero-order valence-corrected chi connectivity index (χ0v) is 10.9. The van der Waals surface area contributed by atoms with Crippen LogP contribution < -0.4 is 5.32 Å². The maximum Gasteiger partial charge on any atom is 0.416 e. The molecule has 5 heteroatoms. The molecule has 0 amide bonds. The Hall–Kier alpha value is -1.07. The van der Waals surface area contributed by atoms with Crippen LogP contribution in [-0.2, 0) is 6.18 Å². The summed E-state index contributed by atoms with van der Waals surface area (Å²) >= 11 is 0. The number of likely N-dealkylation sites (N-methyl/N-ethyl adjacent to an activating group) is 2. The number of nitrogens with one attached hydrogen (secondary N) is 1. The van der Waals surface area contributed by atoms with Gasteiger partial charge in [0.25, 0.3) is 0 Å². The summed E-state index contributed by atoms with van der Waals surface area (Å²) in [5.74, 6) is 0. The van der Waals surface area contributed by atoms with Crippen LogP contribution in [0.3, 0.4) is 0 Å². The van der Waals surface area contributed by atoms with Gasteiger partial charge in [-0.2, -0.15) is 13.2 Å². The molecule has 0 aliphatic heterocycles. The second kappa shape index (κ2) is 6.20. The van der Waals surface area contributed by atoms with Crippen molar-refractivity contribution >= 4 is 0 Å². The summed E-state index contributed by atoms with van der Waals surface area (Å²) in [6.07, 6.45) is -4.27. The van der Waals surface area contributed by atoms with Gasteiger partial charge in [0.2, 0.25) is 0 Å². The van der Waals surface area contributed by atoms with Gasteiger partial charge >= 0.3 is 6.18 Å². The fraction of sp³-hybridized carbons (Fsp3) is 0.538. The second-order valence-corrected chi connectivity index (χ2v) is 4.49. The minimum absolute atomic E-state index is 0.0484. The molecule has 0 fully saturated rings. The molecule has 18 heavy (non-hydrogen) atoms. The van der Waals surface area contributed by atoms with E-state index in [1.807, 2.05) is 25.9 Å². The van der Waals surface area contributed by atoms with Crippen LogP contribution in [0.5, 0.6) is 0 Å². The number of hydrogen-bond donors (Lipinski definition) is 1. The standard InChI is InChI=1S/C13H19F3N2/c1-4-17-12(9-18(2)3)10-5-7-11(8-6-10)13(14,15)16/h5-8,12,17H,4,9H2,1-3H3. The Balaban J connectivity index is 2.86. The van der Waals surface area contributed by atoms with E-state index in [0.29, 0.717) is 0 Å². The van der Waals surface area contributed by atoms with Crippen molar-refractivity contribution in [1.29, 1.82) is 0 Å². The van der Waals surface area contributed by atoms with E-state index < -0.39 is 11.7 Å². The first-order valence-electron chi connectivity index (χ1n) is 5.90. The zero-order chi connectivity index (χ0) is 13.8. The monoisotopic (exact) mass is 260 g/mol. The normalized spacial score (nSPS) is 13.9. The molecule has 102 valence electrons. The molecule has 0 radical (unpaired) electrons. The van der Waals surface area contributed by atoms with Crippen LogP contribution in [0.1, 0.15) is 24.1 Å². The Bertz CT molecular complexity index is 357. The summed E-state index contributed by atoms with van der Waals surface area (Å²) in [7, 11) is 3.88. The van der Waals surface area contributed by atoms with Gasteiger partial charge in [-0.25, -0.2) is 0 Å². The third-order valence-corrected chi connectivity index (χ3v) is 2.64. The predicted octanol–water partition coefficient (Wildman–Crippen LogP) is 2.92. The largest absolute Gasteiger partial charge is 0.416 e. The lowest BCUT2D eigenvalue weighted by Gasteiger charge is -2.22. The quantitative estimate of drug-likeness (QED) is 0.875. The van der Waals surface area contributed by atoms with Gasteiger partial charge in [-0.15, -0.1) is 0 Å². The average Bonchev–Trinajstić information content (AvgIpc) is 2.27. The van der Waals surface area contributed by atoms with Crippen LogP contribution >= 0.6 is 0 Å². The van der Waals surface area contributed by atoms with Crippen LogP contribution in [-0.4, -0.2) is 32.1 Å². The van der Waals surface area contributed by atoms with Crippen LogP contribution in [0.15, 0.2) is 24.3 Å². The Morgan fingerprint density at radius 1 is 1.17 bits per heavy atom. The fourth-order valence-corrected chi connectivity index (χ4v) is 1.80. The molecule has 0 aliphatic rings. The molecule has 0 saturated carbocycles. The molecule has 1 unspecified atom stereocenters. The molecule has 1 rings (SSSR count). The van der Waals surface area contributed by atoms with E-state index in [4.69, 9.17) is 0 Å². The molecule has 0 aromatic heterocycles. The molecule has 1 aromatic rings. The lowest BCUT2D eigenvalue weighted by atomic mass is 10.0. The van der Waals surface area contributed by atoms with Crippen molar-refractivity contribution in [2.45, 2.75) is 19.1 Å². The van der Waals surface area contributed by atoms with Crippen LogP contribution in [0.4, 0.5) is 13.2 Å². The molecular weight excluding hydrogens is 241 g/mol. The Kier molecular flexibility index (Phi) is 5.16. The highest BCUT2D eigenvalue weighted by Gasteiger charge is 2.30. The highest BCUT2D eigenvalue weighted by atomic mass is 19.4. The lowest BCUT2D eigenvalue weighted by molar-refractivity contribution is -0.137. The van der Waals surface area contributed by atoms with E-state index in [-0.39, 0.29) is 6.04 Å². The maximum atomic E-state index is 12.5. The molecule has 1 atom stereocenters. The molecule has 1 aromatic carbocycles. The third kappa shape index (κ3) is 4.31. The third-order valence-electron chi connectivity index (χ3n) is 2.64. The molecule has 0 bridgehead atoms. The molecule has 0 spiro atoms. The number of rotatable bonds is 5.